The molecule has 5 heteroatoms. The minimum Gasteiger partial charge on any atom is -0.366 e. The average molecular weight is 264 g/mol. The molecule has 1 aromatic rings. The number of pyridine rings is 1. The minimum absolute atomic E-state index is 0.129. The fraction of sp³-hybridized carbons (Fsp3) is 0.571. The molecule has 5 nitrogen and oxygen atoms in total. The van der Waals surface area contributed by atoms with Crippen LogP contribution in [0.2, 0.25) is 0 Å². The third-order valence-corrected chi connectivity index (χ3v) is 3.01. The maximum absolute atomic E-state index is 12.4. The first-order valence-corrected chi connectivity index (χ1v) is 6.37. The largest absolute Gasteiger partial charge is 0.366 e. The van der Waals surface area contributed by atoms with Gasteiger partial charge in [-0.15, -0.1) is 0 Å². The van der Waals surface area contributed by atoms with Crippen LogP contribution in [0.5, 0.6) is 0 Å². The molecule has 0 spiro atoms. The van der Waals surface area contributed by atoms with E-state index in [1.54, 1.807) is 11.0 Å². The predicted molar refractivity (Wildman–Crippen MR) is 72.2 cm³/mol. The van der Waals surface area contributed by atoms with Gasteiger partial charge in [-0.3, -0.25) is 9.59 Å². The van der Waals surface area contributed by atoms with Crippen molar-refractivity contribution in [1.29, 1.82) is 0 Å². The summed E-state index contributed by atoms with van der Waals surface area (Å²) in [5.41, 5.74) is -0.632. The minimum atomic E-state index is -0.390. The predicted octanol–water partition coefficient (Wildman–Crippen LogP) is 1.40. The number of amides is 1. The summed E-state index contributed by atoms with van der Waals surface area (Å²) < 4.78 is 5.94. The van der Waals surface area contributed by atoms with E-state index in [0.29, 0.717) is 18.7 Å². The Morgan fingerprint density at radius 3 is 2.37 bits per heavy atom. The molecule has 0 radical (unpaired) electrons. The van der Waals surface area contributed by atoms with Crippen molar-refractivity contribution in [2.45, 2.75) is 38.9 Å². The normalized spacial score (nSPS) is 21.2. The fourth-order valence-electron chi connectivity index (χ4n) is 2.69. The summed E-state index contributed by atoms with van der Waals surface area (Å²) in [5.74, 6) is -0.129. The molecule has 1 amide bonds. The monoisotopic (exact) mass is 264 g/mol. The van der Waals surface area contributed by atoms with E-state index in [0.717, 1.165) is 0 Å². The number of H-pyrrole nitrogens is 1. The summed E-state index contributed by atoms with van der Waals surface area (Å²) in [4.78, 5) is 28.0. The van der Waals surface area contributed by atoms with Gasteiger partial charge in [-0.2, -0.15) is 0 Å². The SMILES string of the molecule is CC1(C)CN(C(=O)c2cc[nH]c(=O)c2)CC(C)(C)O1. The number of morpholine rings is 1. The average Bonchev–Trinajstić information content (AvgIpc) is 2.23. The zero-order valence-electron chi connectivity index (χ0n) is 11.8. The Balaban J connectivity index is 2.26. The molecule has 2 heterocycles. The third kappa shape index (κ3) is 3.23. The van der Waals surface area contributed by atoms with Crippen LogP contribution in [0.1, 0.15) is 38.1 Å². The van der Waals surface area contributed by atoms with E-state index in [1.807, 2.05) is 27.7 Å². The molecule has 0 unspecified atom stereocenters. The van der Waals surface area contributed by atoms with E-state index in [-0.39, 0.29) is 11.5 Å². The highest BCUT2D eigenvalue weighted by molar-refractivity contribution is 5.94. The van der Waals surface area contributed by atoms with Crippen molar-refractivity contribution in [2.75, 3.05) is 13.1 Å². The summed E-state index contributed by atoms with van der Waals surface area (Å²) in [7, 11) is 0. The van der Waals surface area contributed by atoms with Crippen LogP contribution in [0.25, 0.3) is 0 Å². The molecule has 1 fully saturated rings. The lowest BCUT2D eigenvalue weighted by molar-refractivity contribution is -0.171. The Hall–Kier alpha value is -1.62. The third-order valence-electron chi connectivity index (χ3n) is 3.01. The van der Waals surface area contributed by atoms with Crippen LogP contribution >= 0.6 is 0 Å². The van der Waals surface area contributed by atoms with E-state index in [2.05, 4.69) is 4.98 Å². The number of aromatic amines is 1. The maximum Gasteiger partial charge on any atom is 0.254 e. The van der Waals surface area contributed by atoms with E-state index in [4.69, 9.17) is 4.74 Å². The van der Waals surface area contributed by atoms with Crippen molar-refractivity contribution in [1.82, 2.24) is 9.88 Å². The highest BCUT2D eigenvalue weighted by Crippen LogP contribution is 2.28. The zero-order valence-corrected chi connectivity index (χ0v) is 11.8. The van der Waals surface area contributed by atoms with Gasteiger partial charge < -0.3 is 14.6 Å². The van der Waals surface area contributed by atoms with Crippen LogP contribution in [0.4, 0.5) is 0 Å². The zero-order chi connectivity index (χ0) is 14.3. The van der Waals surface area contributed by atoms with Crippen LogP contribution in [-0.2, 0) is 4.74 Å². The number of carbonyl (C=O) groups excluding carboxylic acids is 1. The Kier molecular flexibility index (Phi) is 3.26. The molecule has 19 heavy (non-hydrogen) atoms. The number of nitrogens with one attached hydrogen (secondary N) is 1. The molecule has 0 bridgehead atoms. The molecule has 0 aromatic carbocycles. The number of aromatic nitrogens is 1. The van der Waals surface area contributed by atoms with Gasteiger partial charge in [0.1, 0.15) is 0 Å². The molecule has 2 rings (SSSR count). The van der Waals surface area contributed by atoms with Crippen molar-refractivity contribution in [3.05, 3.63) is 34.2 Å². The highest BCUT2D eigenvalue weighted by atomic mass is 16.5. The number of carbonyl (C=O) groups is 1. The summed E-state index contributed by atoms with van der Waals surface area (Å²) in [6.07, 6.45) is 1.49. The van der Waals surface area contributed by atoms with Crippen molar-refractivity contribution in [2.24, 2.45) is 0 Å². The van der Waals surface area contributed by atoms with E-state index < -0.39 is 11.2 Å². The molecule has 1 N–H and O–H groups in total. The van der Waals surface area contributed by atoms with Gasteiger partial charge in [0.2, 0.25) is 5.56 Å². The van der Waals surface area contributed by atoms with Gasteiger partial charge in [-0.1, -0.05) is 0 Å². The molecule has 1 aromatic heterocycles. The molecular weight excluding hydrogens is 244 g/mol. The molecule has 1 aliphatic heterocycles. The first-order valence-electron chi connectivity index (χ1n) is 6.37. The Bertz CT molecular complexity index is 530. The number of ether oxygens (including phenoxy) is 1. The second kappa shape index (κ2) is 4.49. The van der Waals surface area contributed by atoms with Crippen molar-refractivity contribution < 1.29 is 9.53 Å². The molecule has 1 saturated heterocycles. The summed E-state index contributed by atoms with van der Waals surface area (Å²) in [5, 5.41) is 0. The Morgan fingerprint density at radius 1 is 1.26 bits per heavy atom. The second-order valence-electron chi connectivity index (χ2n) is 6.22. The molecule has 0 aliphatic carbocycles. The number of hydrogen-bond acceptors (Lipinski definition) is 3. The maximum atomic E-state index is 12.4. The van der Waals surface area contributed by atoms with Gasteiger partial charge in [0, 0.05) is 30.9 Å². The Morgan fingerprint density at radius 2 is 1.84 bits per heavy atom. The summed E-state index contributed by atoms with van der Waals surface area (Å²) >= 11 is 0. The number of hydrogen-bond donors (Lipinski definition) is 1. The van der Waals surface area contributed by atoms with Crippen LogP contribution < -0.4 is 5.56 Å². The van der Waals surface area contributed by atoms with Crippen molar-refractivity contribution in [3.63, 3.8) is 0 Å². The molecule has 0 atom stereocenters. The van der Waals surface area contributed by atoms with Crippen LogP contribution in [0, 0.1) is 0 Å². The first kappa shape index (κ1) is 13.8. The number of nitrogens with zero attached hydrogens (tertiary/aromatic N) is 1. The van der Waals surface area contributed by atoms with E-state index in [9.17, 15) is 9.59 Å². The van der Waals surface area contributed by atoms with Gasteiger partial charge in [0.05, 0.1) is 11.2 Å². The molecular formula is C14H20N2O3. The van der Waals surface area contributed by atoms with Crippen LogP contribution in [-0.4, -0.2) is 40.1 Å². The summed E-state index contributed by atoms with van der Waals surface area (Å²) in [6.45, 7) is 8.89. The summed E-state index contributed by atoms with van der Waals surface area (Å²) in [6, 6.07) is 2.96. The highest BCUT2D eigenvalue weighted by Gasteiger charge is 2.40. The molecule has 1 aliphatic rings. The van der Waals surface area contributed by atoms with Gasteiger partial charge >= 0.3 is 0 Å². The second-order valence-corrected chi connectivity index (χ2v) is 6.22. The lowest BCUT2D eigenvalue weighted by atomic mass is 9.98. The van der Waals surface area contributed by atoms with Gasteiger partial charge in [-0.05, 0) is 33.8 Å². The quantitative estimate of drug-likeness (QED) is 0.834. The first-order chi connectivity index (χ1) is 8.69. The van der Waals surface area contributed by atoms with Gasteiger partial charge in [-0.25, -0.2) is 0 Å². The smallest absolute Gasteiger partial charge is 0.254 e. The van der Waals surface area contributed by atoms with Crippen LogP contribution in [0.3, 0.4) is 0 Å². The Labute approximate surface area is 112 Å². The van der Waals surface area contributed by atoms with Gasteiger partial charge in [0.15, 0.2) is 0 Å². The van der Waals surface area contributed by atoms with Crippen molar-refractivity contribution >= 4 is 5.91 Å². The standard InChI is InChI=1S/C14H20N2O3/c1-13(2)8-16(9-14(3,4)19-13)12(18)10-5-6-15-11(17)7-10/h5-7H,8-9H2,1-4H3,(H,15,17). The van der Waals surface area contributed by atoms with E-state index >= 15 is 0 Å². The molecule has 0 saturated carbocycles. The molecule has 104 valence electrons. The van der Waals surface area contributed by atoms with E-state index in [1.165, 1.54) is 12.3 Å². The fourth-order valence-corrected chi connectivity index (χ4v) is 2.69. The lowest BCUT2D eigenvalue weighted by Crippen LogP contribution is -2.58. The topological polar surface area (TPSA) is 62.4 Å². The lowest BCUT2D eigenvalue weighted by Gasteiger charge is -2.47. The van der Waals surface area contributed by atoms with Gasteiger partial charge in [0.25, 0.3) is 5.91 Å². The number of rotatable bonds is 1. The van der Waals surface area contributed by atoms with Crippen LogP contribution in [0.15, 0.2) is 23.1 Å². The van der Waals surface area contributed by atoms with Crippen molar-refractivity contribution in [3.8, 4) is 0 Å².